The molecule has 0 fully saturated rings. The second-order valence-electron chi connectivity index (χ2n) is 3.99. The molecule has 0 heterocycles. The molecule has 0 aromatic heterocycles. The van der Waals surface area contributed by atoms with Gasteiger partial charge in [-0.1, -0.05) is 17.7 Å². The summed E-state index contributed by atoms with van der Waals surface area (Å²) >= 11 is 5.71. The van der Waals surface area contributed by atoms with Gasteiger partial charge in [0.1, 0.15) is 11.9 Å². The molecule has 2 atom stereocenters. The van der Waals surface area contributed by atoms with Crippen LogP contribution in [-0.2, 0) is 4.79 Å². The number of carbonyl (C=O) groups is 1. The summed E-state index contributed by atoms with van der Waals surface area (Å²) in [7, 11) is 0. The Bertz CT molecular complexity index is 425. The van der Waals surface area contributed by atoms with E-state index in [1.165, 1.54) is 25.1 Å². The van der Waals surface area contributed by atoms with Gasteiger partial charge in [-0.25, -0.2) is 0 Å². The minimum atomic E-state index is -1.11. The SMILES string of the molecule is CC(=O)NCCC(O)C(O)c1ccc(O)c(Cl)c1. The highest BCUT2D eigenvalue weighted by Crippen LogP contribution is 2.28. The summed E-state index contributed by atoms with van der Waals surface area (Å²) in [4.78, 5) is 10.6. The van der Waals surface area contributed by atoms with Crippen molar-refractivity contribution in [3.8, 4) is 5.75 Å². The maximum Gasteiger partial charge on any atom is 0.216 e. The number of hydrogen-bond acceptors (Lipinski definition) is 4. The molecule has 0 bridgehead atoms. The van der Waals surface area contributed by atoms with Gasteiger partial charge in [0.05, 0.1) is 11.1 Å². The zero-order valence-electron chi connectivity index (χ0n) is 9.93. The van der Waals surface area contributed by atoms with Crippen molar-refractivity contribution < 1.29 is 20.1 Å². The number of hydrogen-bond donors (Lipinski definition) is 4. The highest BCUT2D eigenvalue weighted by molar-refractivity contribution is 6.32. The van der Waals surface area contributed by atoms with E-state index in [2.05, 4.69) is 5.32 Å². The minimum absolute atomic E-state index is 0.0830. The molecule has 0 aliphatic heterocycles. The van der Waals surface area contributed by atoms with Gasteiger partial charge in [0, 0.05) is 13.5 Å². The Hall–Kier alpha value is -1.30. The second kappa shape index (κ2) is 6.58. The topological polar surface area (TPSA) is 89.8 Å². The molecule has 100 valence electrons. The average molecular weight is 274 g/mol. The fourth-order valence-corrected chi connectivity index (χ4v) is 1.67. The van der Waals surface area contributed by atoms with Gasteiger partial charge >= 0.3 is 0 Å². The van der Waals surface area contributed by atoms with Crippen molar-refractivity contribution >= 4 is 17.5 Å². The lowest BCUT2D eigenvalue weighted by Crippen LogP contribution is -2.27. The molecule has 4 N–H and O–H groups in total. The fraction of sp³-hybridized carbons (Fsp3) is 0.417. The Morgan fingerprint density at radius 3 is 2.67 bits per heavy atom. The molecule has 18 heavy (non-hydrogen) atoms. The summed E-state index contributed by atoms with van der Waals surface area (Å²) in [5, 5.41) is 31.5. The van der Waals surface area contributed by atoms with Crippen molar-refractivity contribution in [2.45, 2.75) is 25.6 Å². The number of phenols is 1. The molecule has 2 unspecified atom stereocenters. The molecule has 1 aromatic rings. The van der Waals surface area contributed by atoms with Crippen molar-refractivity contribution in [3.63, 3.8) is 0 Å². The smallest absolute Gasteiger partial charge is 0.216 e. The molecule has 1 aromatic carbocycles. The molecular formula is C12H16ClNO4. The quantitative estimate of drug-likeness (QED) is 0.643. The van der Waals surface area contributed by atoms with E-state index in [1.807, 2.05) is 0 Å². The molecule has 1 amide bonds. The van der Waals surface area contributed by atoms with E-state index >= 15 is 0 Å². The molecule has 0 saturated heterocycles. The van der Waals surface area contributed by atoms with Gasteiger partial charge in [-0.3, -0.25) is 4.79 Å². The van der Waals surface area contributed by atoms with Crippen LogP contribution in [0.25, 0.3) is 0 Å². The van der Waals surface area contributed by atoms with Crippen LogP contribution in [0.3, 0.4) is 0 Å². The summed E-state index contributed by atoms with van der Waals surface area (Å²) in [5.41, 5.74) is 0.410. The molecule has 0 radical (unpaired) electrons. The van der Waals surface area contributed by atoms with Gasteiger partial charge in [0.15, 0.2) is 0 Å². The van der Waals surface area contributed by atoms with E-state index < -0.39 is 12.2 Å². The molecule has 0 aliphatic rings. The lowest BCUT2D eigenvalue weighted by atomic mass is 10.0. The number of carbonyl (C=O) groups excluding carboxylic acids is 1. The molecule has 6 heteroatoms. The van der Waals surface area contributed by atoms with Gasteiger partial charge in [-0.05, 0) is 24.1 Å². The Morgan fingerprint density at radius 1 is 1.44 bits per heavy atom. The number of amides is 1. The summed E-state index contributed by atoms with van der Waals surface area (Å²) < 4.78 is 0. The summed E-state index contributed by atoms with van der Waals surface area (Å²) in [6, 6.07) is 4.22. The number of aromatic hydroxyl groups is 1. The Kier molecular flexibility index (Phi) is 5.40. The van der Waals surface area contributed by atoms with Crippen LogP contribution < -0.4 is 5.32 Å². The number of rotatable bonds is 5. The maximum absolute atomic E-state index is 10.6. The number of phenolic OH excluding ortho intramolecular Hbond substituents is 1. The lowest BCUT2D eigenvalue weighted by molar-refractivity contribution is -0.119. The molecule has 1 rings (SSSR count). The molecule has 5 nitrogen and oxygen atoms in total. The van der Waals surface area contributed by atoms with Crippen molar-refractivity contribution in [1.29, 1.82) is 0 Å². The number of aliphatic hydroxyl groups is 2. The highest BCUT2D eigenvalue weighted by atomic mass is 35.5. The number of aliphatic hydroxyl groups excluding tert-OH is 2. The molecular weight excluding hydrogens is 258 g/mol. The molecule has 0 saturated carbocycles. The van der Waals surface area contributed by atoms with Gasteiger partial charge in [-0.15, -0.1) is 0 Å². The first-order valence-electron chi connectivity index (χ1n) is 5.50. The van der Waals surface area contributed by atoms with Crippen molar-refractivity contribution in [1.82, 2.24) is 5.32 Å². The van der Waals surface area contributed by atoms with Gasteiger partial charge in [-0.2, -0.15) is 0 Å². The third-order valence-electron chi connectivity index (χ3n) is 2.49. The van der Waals surface area contributed by atoms with E-state index in [9.17, 15) is 20.1 Å². The monoisotopic (exact) mass is 273 g/mol. The summed E-state index contributed by atoms with van der Waals surface area (Å²) in [6.07, 6.45) is -1.91. The first-order valence-corrected chi connectivity index (χ1v) is 5.88. The normalized spacial score (nSPS) is 14.0. The van der Waals surface area contributed by atoms with Crippen LogP contribution in [0.15, 0.2) is 18.2 Å². The fourth-order valence-electron chi connectivity index (χ4n) is 1.48. The van der Waals surface area contributed by atoms with Crippen LogP contribution in [0.4, 0.5) is 0 Å². The highest BCUT2D eigenvalue weighted by Gasteiger charge is 2.19. The van der Waals surface area contributed by atoms with Crippen LogP contribution in [-0.4, -0.2) is 33.9 Å². The Morgan fingerprint density at radius 2 is 2.11 bits per heavy atom. The van der Waals surface area contributed by atoms with Gasteiger partial charge in [0.2, 0.25) is 5.91 Å². The first-order chi connectivity index (χ1) is 8.41. The predicted molar refractivity (Wildman–Crippen MR) is 67.4 cm³/mol. The predicted octanol–water partition coefficient (Wildman–Crippen LogP) is 0.966. The van der Waals surface area contributed by atoms with Crippen molar-refractivity contribution in [2.24, 2.45) is 0 Å². The molecule has 0 aliphatic carbocycles. The van der Waals surface area contributed by atoms with E-state index in [-0.39, 0.29) is 29.6 Å². The largest absolute Gasteiger partial charge is 0.506 e. The van der Waals surface area contributed by atoms with E-state index in [0.29, 0.717) is 5.56 Å². The van der Waals surface area contributed by atoms with Gasteiger partial charge < -0.3 is 20.6 Å². The Labute approximate surface area is 110 Å². The van der Waals surface area contributed by atoms with Crippen LogP contribution >= 0.6 is 11.6 Å². The van der Waals surface area contributed by atoms with Gasteiger partial charge in [0.25, 0.3) is 0 Å². The van der Waals surface area contributed by atoms with E-state index in [0.717, 1.165) is 0 Å². The zero-order chi connectivity index (χ0) is 13.7. The van der Waals surface area contributed by atoms with Crippen molar-refractivity contribution in [3.05, 3.63) is 28.8 Å². The lowest BCUT2D eigenvalue weighted by Gasteiger charge is -2.18. The number of halogens is 1. The number of benzene rings is 1. The Balaban J connectivity index is 2.59. The maximum atomic E-state index is 10.6. The third-order valence-corrected chi connectivity index (χ3v) is 2.79. The van der Waals surface area contributed by atoms with Crippen molar-refractivity contribution in [2.75, 3.05) is 6.54 Å². The summed E-state index contributed by atoms with van der Waals surface area (Å²) in [6.45, 7) is 1.65. The van der Waals surface area contributed by atoms with Crippen LogP contribution in [0.5, 0.6) is 5.75 Å². The minimum Gasteiger partial charge on any atom is -0.506 e. The third kappa shape index (κ3) is 4.18. The van der Waals surface area contributed by atoms with Crippen LogP contribution in [0, 0.1) is 0 Å². The first kappa shape index (κ1) is 14.8. The average Bonchev–Trinajstić information content (AvgIpc) is 2.31. The second-order valence-corrected chi connectivity index (χ2v) is 4.40. The zero-order valence-corrected chi connectivity index (χ0v) is 10.7. The standard InChI is InChI=1S/C12H16ClNO4/c1-7(15)14-5-4-11(17)12(18)8-2-3-10(16)9(13)6-8/h2-3,6,11-12,16-18H,4-5H2,1H3,(H,14,15). The van der Waals surface area contributed by atoms with Crippen LogP contribution in [0.1, 0.15) is 25.0 Å². The van der Waals surface area contributed by atoms with E-state index in [1.54, 1.807) is 0 Å². The summed E-state index contributed by atoms with van der Waals surface area (Å²) in [5.74, 6) is -0.273. The number of nitrogens with one attached hydrogen (secondary N) is 1. The van der Waals surface area contributed by atoms with Crippen LogP contribution in [0.2, 0.25) is 5.02 Å². The molecule has 0 spiro atoms. The van der Waals surface area contributed by atoms with E-state index in [4.69, 9.17) is 11.6 Å².